The highest BCUT2D eigenvalue weighted by atomic mass is 16.5. The number of rotatable bonds is 7. The van der Waals surface area contributed by atoms with Gasteiger partial charge in [0.25, 0.3) is 5.56 Å². The lowest BCUT2D eigenvalue weighted by Gasteiger charge is -2.14. The first-order valence-corrected chi connectivity index (χ1v) is 12.2. The van der Waals surface area contributed by atoms with Gasteiger partial charge >= 0.3 is 5.97 Å². The molecule has 0 N–H and O–H groups in total. The number of ether oxygens (including phenoxy) is 5. The molecule has 198 valence electrons. The van der Waals surface area contributed by atoms with Gasteiger partial charge in [0.2, 0.25) is 0 Å². The number of nitrogens with zero attached hydrogens (tertiary/aromatic N) is 2. The van der Waals surface area contributed by atoms with Crippen LogP contribution in [0, 0.1) is 0 Å². The van der Waals surface area contributed by atoms with Crippen LogP contribution in [0.25, 0.3) is 38.1 Å². The zero-order chi connectivity index (χ0) is 27.4. The summed E-state index contributed by atoms with van der Waals surface area (Å²) in [5.41, 5.74) is 2.45. The largest absolute Gasteiger partial charge is 0.493 e. The Morgan fingerprint density at radius 3 is 2.10 bits per heavy atom. The van der Waals surface area contributed by atoms with Crippen molar-refractivity contribution in [3.05, 3.63) is 76.2 Å². The molecule has 0 unspecified atom stereocenters. The number of methoxy groups -OCH3 is 5. The quantitative estimate of drug-likeness (QED) is 0.274. The highest BCUT2D eigenvalue weighted by molar-refractivity contribution is 6.25. The molecule has 3 aromatic heterocycles. The third-order valence-corrected chi connectivity index (χ3v) is 7.23. The van der Waals surface area contributed by atoms with Crippen LogP contribution in [0.3, 0.4) is 0 Å². The molecule has 6 rings (SSSR count). The van der Waals surface area contributed by atoms with Crippen molar-refractivity contribution in [1.29, 1.82) is 0 Å². The molecular weight excluding hydrogens is 500 g/mol. The Morgan fingerprint density at radius 2 is 1.46 bits per heavy atom. The molecule has 0 aliphatic heterocycles. The molecule has 0 radical (unpaired) electrons. The molecule has 39 heavy (non-hydrogen) atoms. The number of benzene rings is 3. The molecule has 0 atom stereocenters. The first kappa shape index (κ1) is 24.4. The van der Waals surface area contributed by atoms with E-state index in [1.807, 2.05) is 47.0 Å². The smallest absolute Gasteiger partial charge is 0.355 e. The number of hydrogen-bond donors (Lipinski definition) is 0. The Bertz CT molecular complexity index is 1950. The van der Waals surface area contributed by atoms with Gasteiger partial charge in [-0.15, -0.1) is 0 Å². The maximum Gasteiger partial charge on any atom is 0.355 e. The van der Waals surface area contributed by atoms with Gasteiger partial charge in [-0.05, 0) is 23.8 Å². The van der Waals surface area contributed by atoms with E-state index in [0.29, 0.717) is 56.7 Å². The third kappa shape index (κ3) is 3.39. The lowest BCUT2D eigenvalue weighted by Crippen LogP contribution is -2.21. The zero-order valence-electron chi connectivity index (χ0n) is 22.2. The lowest BCUT2D eigenvalue weighted by molar-refractivity contribution is 0.0592. The summed E-state index contributed by atoms with van der Waals surface area (Å²) in [6.45, 7) is 0.396. The van der Waals surface area contributed by atoms with Crippen LogP contribution in [-0.4, -0.2) is 50.5 Å². The Labute approximate surface area is 223 Å². The molecule has 3 aromatic carbocycles. The minimum Gasteiger partial charge on any atom is -0.493 e. The summed E-state index contributed by atoms with van der Waals surface area (Å²) in [5.74, 6) is 1.34. The van der Waals surface area contributed by atoms with Crippen molar-refractivity contribution in [3.8, 4) is 23.0 Å². The van der Waals surface area contributed by atoms with Gasteiger partial charge in [0.05, 0.1) is 52.0 Å². The summed E-state index contributed by atoms with van der Waals surface area (Å²) in [5, 5.41) is 2.72. The van der Waals surface area contributed by atoms with Gasteiger partial charge in [-0.3, -0.25) is 9.20 Å². The first-order valence-electron chi connectivity index (χ1n) is 12.2. The van der Waals surface area contributed by atoms with E-state index in [1.165, 1.54) is 11.5 Å². The highest BCUT2D eigenvalue weighted by Crippen LogP contribution is 2.47. The van der Waals surface area contributed by atoms with Crippen LogP contribution in [0.4, 0.5) is 0 Å². The fourth-order valence-electron chi connectivity index (χ4n) is 5.57. The molecular formula is C30H26N2O7. The number of fused-ring (bicyclic) bond motifs is 4. The molecule has 0 saturated heterocycles. The van der Waals surface area contributed by atoms with E-state index in [9.17, 15) is 9.59 Å². The van der Waals surface area contributed by atoms with Crippen LogP contribution in [0.15, 0.2) is 59.4 Å². The molecule has 0 fully saturated rings. The summed E-state index contributed by atoms with van der Waals surface area (Å²) >= 11 is 0. The number of aromatic nitrogens is 2. The van der Waals surface area contributed by atoms with Gasteiger partial charge in [0, 0.05) is 28.8 Å². The van der Waals surface area contributed by atoms with E-state index in [2.05, 4.69) is 0 Å². The van der Waals surface area contributed by atoms with E-state index in [1.54, 1.807) is 40.6 Å². The van der Waals surface area contributed by atoms with Crippen molar-refractivity contribution in [2.24, 2.45) is 0 Å². The molecule has 0 bridgehead atoms. The summed E-state index contributed by atoms with van der Waals surface area (Å²) in [7, 11) is 7.54. The van der Waals surface area contributed by atoms with Crippen molar-refractivity contribution in [3.63, 3.8) is 0 Å². The van der Waals surface area contributed by atoms with E-state index < -0.39 is 5.97 Å². The predicted octanol–water partition coefficient (Wildman–Crippen LogP) is 4.87. The average Bonchev–Trinajstić information content (AvgIpc) is 3.51. The number of hydrogen-bond acceptors (Lipinski definition) is 7. The van der Waals surface area contributed by atoms with Crippen LogP contribution in [0.1, 0.15) is 16.1 Å². The first-order chi connectivity index (χ1) is 19.0. The molecule has 0 saturated carbocycles. The van der Waals surface area contributed by atoms with Gasteiger partial charge in [0.1, 0.15) is 11.2 Å². The van der Waals surface area contributed by atoms with E-state index in [4.69, 9.17) is 23.7 Å². The summed E-state index contributed by atoms with van der Waals surface area (Å²) in [6.07, 6.45) is 0. The average molecular weight is 527 g/mol. The van der Waals surface area contributed by atoms with Crippen molar-refractivity contribution in [2.75, 3.05) is 35.5 Å². The molecule has 6 aromatic rings. The number of pyridine rings is 1. The second-order valence-electron chi connectivity index (χ2n) is 9.11. The Kier molecular flexibility index (Phi) is 5.71. The molecule has 0 aliphatic carbocycles. The van der Waals surface area contributed by atoms with Gasteiger partial charge in [0.15, 0.2) is 23.0 Å². The van der Waals surface area contributed by atoms with E-state index in [-0.39, 0.29) is 11.3 Å². The lowest BCUT2D eigenvalue weighted by atomic mass is 10.0. The van der Waals surface area contributed by atoms with Gasteiger partial charge in [-0.2, -0.15) is 0 Å². The summed E-state index contributed by atoms with van der Waals surface area (Å²) in [4.78, 5) is 27.3. The van der Waals surface area contributed by atoms with E-state index >= 15 is 0 Å². The molecule has 9 nitrogen and oxygen atoms in total. The van der Waals surface area contributed by atoms with Crippen LogP contribution in [-0.2, 0) is 11.3 Å². The molecule has 0 amide bonds. The summed E-state index contributed by atoms with van der Waals surface area (Å²) < 4.78 is 31.3. The van der Waals surface area contributed by atoms with Crippen LogP contribution < -0.4 is 24.5 Å². The fourth-order valence-corrected chi connectivity index (χ4v) is 5.57. The van der Waals surface area contributed by atoms with Crippen LogP contribution in [0.2, 0.25) is 0 Å². The molecule has 0 spiro atoms. The van der Waals surface area contributed by atoms with Crippen molar-refractivity contribution < 1.29 is 28.5 Å². The predicted molar refractivity (Wildman–Crippen MR) is 148 cm³/mol. The second kappa shape index (κ2) is 9.13. The van der Waals surface area contributed by atoms with Crippen molar-refractivity contribution in [2.45, 2.75) is 6.54 Å². The molecule has 0 aliphatic rings. The number of carbonyl (C=O) groups excluding carboxylic acids is 1. The van der Waals surface area contributed by atoms with Gasteiger partial charge < -0.3 is 28.3 Å². The summed E-state index contributed by atoms with van der Waals surface area (Å²) in [6, 6.07) is 17.0. The third-order valence-electron chi connectivity index (χ3n) is 7.23. The van der Waals surface area contributed by atoms with Crippen LogP contribution >= 0.6 is 0 Å². The van der Waals surface area contributed by atoms with Gasteiger partial charge in [-0.25, -0.2) is 4.79 Å². The SMILES string of the molecule is COC(=O)c1cc2cc(OC)c(OC)c3c4c5cc(OC)c(OC)cc5n(Cc5ccccc5)c4c(=O)n1c23. The topological polar surface area (TPSA) is 89.6 Å². The number of carbonyl (C=O) groups is 1. The minimum atomic E-state index is -0.624. The van der Waals surface area contributed by atoms with E-state index in [0.717, 1.165) is 16.5 Å². The number of esters is 1. The monoisotopic (exact) mass is 526 g/mol. The maximum absolute atomic E-state index is 14.4. The standard InChI is InChI=1S/C30H26N2O7/c1-35-21-13-18-19(14-22(21)36-2)31(15-16-9-7-6-8-10-16)27-24(18)25-26-17(12-23(37-3)28(25)38-4)11-20(30(34)39-5)32(26)29(27)33/h6-14H,15H2,1-5H3. The second-order valence-corrected chi connectivity index (χ2v) is 9.11. The Balaban J connectivity index is 1.93. The normalized spacial score (nSPS) is 11.5. The highest BCUT2D eigenvalue weighted by Gasteiger charge is 2.29. The maximum atomic E-state index is 14.4. The Hall–Kier alpha value is -4.92. The van der Waals surface area contributed by atoms with Crippen molar-refractivity contribution in [1.82, 2.24) is 8.97 Å². The fraction of sp³-hybridized carbons (Fsp3) is 0.200. The van der Waals surface area contributed by atoms with Gasteiger partial charge in [-0.1, -0.05) is 30.3 Å². The van der Waals surface area contributed by atoms with Crippen LogP contribution in [0.5, 0.6) is 23.0 Å². The minimum absolute atomic E-state index is 0.117. The Morgan fingerprint density at radius 1 is 0.769 bits per heavy atom. The van der Waals surface area contributed by atoms with Crippen molar-refractivity contribution >= 4 is 44.1 Å². The zero-order valence-corrected chi connectivity index (χ0v) is 22.2. The molecule has 9 heteroatoms. The molecule has 3 heterocycles.